The highest BCUT2D eigenvalue weighted by atomic mass is 35.5. The van der Waals surface area contributed by atoms with Gasteiger partial charge in [0.25, 0.3) is 0 Å². The molecule has 1 N–H and O–H groups in total. The number of benzene rings is 1. The Morgan fingerprint density at radius 1 is 1.41 bits per heavy atom. The summed E-state index contributed by atoms with van der Waals surface area (Å²) in [4.78, 5) is 4.59. The van der Waals surface area contributed by atoms with E-state index in [1.165, 1.54) is 4.70 Å². The van der Waals surface area contributed by atoms with E-state index in [2.05, 4.69) is 30.2 Å². The van der Waals surface area contributed by atoms with E-state index in [1.807, 2.05) is 25.1 Å². The summed E-state index contributed by atoms with van der Waals surface area (Å²) < 4.78 is 1.24. The second-order valence-corrected chi connectivity index (χ2v) is 6.54. The van der Waals surface area contributed by atoms with Crippen molar-refractivity contribution in [3.63, 3.8) is 0 Å². The number of nitrogens with zero attached hydrogens (tertiary/aromatic N) is 1. The number of fused-ring (bicyclic) bond motifs is 1. The Labute approximate surface area is 111 Å². The van der Waals surface area contributed by atoms with Gasteiger partial charge in [-0.25, -0.2) is 4.98 Å². The van der Waals surface area contributed by atoms with Crippen LogP contribution in [0.25, 0.3) is 10.2 Å². The molecule has 0 spiro atoms. The molecular weight excluding hydrogens is 252 g/mol. The number of aromatic nitrogens is 1. The van der Waals surface area contributed by atoms with Gasteiger partial charge in [-0.05, 0) is 32.9 Å². The van der Waals surface area contributed by atoms with Crippen LogP contribution in [0.5, 0.6) is 0 Å². The van der Waals surface area contributed by atoms with Crippen LogP contribution in [0.1, 0.15) is 25.8 Å². The van der Waals surface area contributed by atoms with Crippen molar-refractivity contribution >= 4 is 33.2 Å². The maximum absolute atomic E-state index is 6.13. The number of thiazole rings is 1. The normalized spacial score (nSPS) is 14.1. The minimum atomic E-state index is -0.0839. The summed E-state index contributed by atoms with van der Waals surface area (Å²) in [6.07, 6.45) is 0. The molecule has 0 bridgehead atoms. The van der Waals surface area contributed by atoms with Gasteiger partial charge in [-0.15, -0.1) is 22.9 Å². The van der Waals surface area contributed by atoms with Gasteiger partial charge in [0.2, 0.25) is 0 Å². The van der Waals surface area contributed by atoms with Crippen molar-refractivity contribution in [1.29, 1.82) is 0 Å². The third kappa shape index (κ3) is 2.97. The van der Waals surface area contributed by atoms with Gasteiger partial charge in [0.05, 0.1) is 10.2 Å². The van der Waals surface area contributed by atoms with Crippen molar-refractivity contribution < 1.29 is 0 Å². The second-order valence-electron chi connectivity index (χ2n) is 4.77. The first-order valence-electron chi connectivity index (χ1n) is 5.72. The Hall–Kier alpha value is -0.640. The average Bonchev–Trinajstić information content (AvgIpc) is 2.69. The van der Waals surface area contributed by atoms with E-state index in [9.17, 15) is 0 Å². The van der Waals surface area contributed by atoms with E-state index in [1.54, 1.807) is 11.3 Å². The zero-order valence-corrected chi connectivity index (χ0v) is 11.9. The summed E-state index contributed by atoms with van der Waals surface area (Å²) in [7, 11) is 0. The lowest BCUT2D eigenvalue weighted by Crippen LogP contribution is -2.45. The number of halogens is 1. The standard InChI is InChI=1S/C13H17ClN2S/c1-9(14)13(2,3)15-8-12-16-10-6-4-5-7-11(10)17-12/h4-7,9,15H,8H2,1-3H3. The van der Waals surface area contributed by atoms with Crippen LogP contribution in [0.4, 0.5) is 0 Å². The molecule has 17 heavy (non-hydrogen) atoms. The number of hydrogen-bond acceptors (Lipinski definition) is 3. The van der Waals surface area contributed by atoms with Crippen LogP contribution in [0, 0.1) is 0 Å². The smallest absolute Gasteiger partial charge is 0.108 e. The molecule has 92 valence electrons. The van der Waals surface area contributed by atoms with Crippen molar-refractivity contribution in [1.82, 2.24) is 10.3 Å². The van der Waals surface area contributed by atoms with Gasteiger partial charge in [-0.1, -0.05) is 12.1 Å². The second kappa shape index (κ2) is 4.92. The molecule has 0 saturated heterocycles. The van der Waals surface area contributed by atoms with Gasteiger partial charge in [-0.2, -0.15) is 0 Å². The third-order valence-corrected chi connectivity index (χ3v) is 4.61. The third-order valence-electron chi connectivity index (χ3n) is 3.03. The summed E-state index contributed by atoms with van der Waals surface area (Å²) in [5.41, 5.74) is 0.991. The zero-order chi connectivity index (χ0) is 12.5. The fraction of sp³-hybridized carbons (Fsp3) is 0.462. The molecule has 0 radical (unpaired) electrons. The highest BCUT2D eigenvalue weighted by Crippen LogP contribution is 2.22. The number of hydrogen-bond donors (Lipinski definition) is 1. The first-order valence-corrected chi connectivity index (χ1v) is 6.98. The van der Waals surface area contributed by atoms with Crippen LogP contribution in [0.3, 0.4) is 0 Å². The van der Waals surface area contributed by atoms with Crippen molar-refractivity contribution in [3.8, 4) is 0 Å². The highest BCUT2D eigenvalue weighted by molar-refractivity contribution is 7.18. The van der Waals surface area contributed by atoms with E-state index in [0.717, 1.165) is 17.1 Å². The van der Waals surface area contributed by atoms with Gasteiger partial charge in [0.1, 0.15) is 5.01 Å². The molecule has 0 aliphatic carbocycles. The van der Waals surface area contributed by atoms with Crippen molar-refractivity contribution in [2.75, 3.05) is 0 Å². The van der Waals surface area contributed by atoms with Gasteiger partial charge in [-0.3, -0.25) is 0 Å². The molecule has 1 aromatic carbocycles. The summed E-state index contributed by atoms with van der Waals surface area (Å²) in [6.45, 7) is 6.99. The minimum absolute atomic E-state index is 0.0804. The van der Waals surface area contributed by atoms with Crippen molar-refractivity contribution in [3.05, 3.63) is 29.3 Å². The number of nitrogens with one attached hydrogen (secondary N) is 1. The van der Waals surface area contributed by atoms with Crippen LogP contribution in [-0.2, 0) is 6.54 Å². The minimum Gasteiger partial charge on any atom is -0.304 e. The molecule has 2 nitrogen and oxygen atoms in total. The molecule has 1 heterocycles. The molecule has 1 atom stereocenters. The number of rotatable bonds is 4. The molecule has 0 aliphatic heterocycles. The Morgan fingerprint density at radius 2 is 2.12 bits per heavy atom. The SMILES string of the molecule is CC(Cl)C(C)(C)NCc1nc2ccccc2s1. The zero-order valence-electron chi connectivity index (χ0n) is 10.3. The number of para-hydroxylation sites is 1. The Morgan fingerprint density at radius 3 is 2.76 bits per heavy atom. The molecule has 0 aliphatic rings. The highest BCUT2D eigenvalue weighted by Gasteiger charge is 2.23. The van der Waals surface area contributed by atoms with Gasteiger partial charge in [0, 0.05) is 17.5 Å². The average molecular weight is 269 g/mol. The fourth-order valence-electron chi connectivity index (χ4n) is 1.44. The lowest BCUT2D eigenvalue weighted by atomic mass is 10.0. The summed E-state index contributed by atoms with van der Waals surface area (Å²) >= 11 is 7.87. The van der Waals surface area contributed by atoms with Crippen molar-refractivity contribution in [2.24, 2.45) is 0 Å². The fourth-order valence-corrected chi connectivity index (χ4v) is 2.42. The lowest BCUT2D eigenvalue weighted by molar-refractivity contribution is 0.380. The molecule has 0 saturated carbocycles. The van der Waals surface area contributed by atoms with E-state index in [0.29, 0.717) is 0 Å². The first-order chi connectivity index (χ1) is 7.99. The maximum atomic E-state index is 6.13. The van der Waals surface area contributed by atoms with Crippen LogP contribution in [0.15, 0.2) is 24.3 Å². The Bertz CT molecular complexity index is 472. The van der Waals surface area contributed by atoms with E-state index in [4.69, 9.17) is 11.6 Å². The topological polar surface area (TPSA) is 24.9 Å². The molecule has 1 aromatic heterocycles. The molecule has 0 fully saturated rings. The predicted octanol–water partition coefficient (Wildman–Crippen LogP) is 3.79. The largest absolute Gasteiger partial charge is 0.304 e. The monoisotopic (exact) mass is 268 g/mol. The Balaban J connectivity index is 2.09. The summed E-state index contributed by atoms with van der Waals surface area (Å²) in [5.74, 6) is 0. The van der Waals surface area contributed by atoms with E-state index >= 15 is 0 Å². The molecule has 4 heteroatoms. The van der Waals surface area contributed by atoms with Crippen LogP contribution < -0.4 is 5.32 Å². The first kappa shape index (κ1) is 12.8. The number of alkyl halides is 1. The molecule has 0 amide bonds. The van der Waals surface area contributed by atoms with Crippen molar-refractivity contribution in [2.45, 2.75) is 38.2 Å². The van der Waals surface area contributed by atoms with E-state index < -0.39 is 0 Å². The van der Waals surface area contributed by atoms with Crippen LogP contribution in [-0.4, -0.2) is 15.9 Å². The maximum Gasteiger partial charge on any atom is 0.108 e. The molecular formula is C13H17ClN2S. The van der Waals surface area contributed by atoms with E-state index in [-0.39, 0.29) is 10.9 Å². The van der Waals surface area contributed by atoms with Gasteiger partial charge >= 0.3 is 0 Å². The summed E-state index contributed by atoms with van der Waals surface area (Å²) in [6, 6.07) is 8.21. The Kier molecular flexibility index (Phi) is 3.71. The van der Waals surface area contributed by atoms with Gasteiger partial charge < -0.3 is 5.32 Å². The molecule has 1 unspecified atom stereocenters. The lowest BCUT2D eigenvalue weighted by Gasteiger charge is -2.28. The quantitative estimate of drug-likeness (QED) is 0.854. The van der Waals surface area contributed by atoms with Gasteiger partial charge in [0.15, 0.2) is 0 Å². The predicted molar refractivity (Wildman–Crippen MR) is 75.9 cm³/mol. The molecule has 2 aromatic rings. The molecule has 2 rings (SSSR count). The van der Waals surface area contributed by atoms with Crippen LogP contribution in [0.2, 0.25) is 0 Å². The van der Waals surface area contributed by atoms with Crippen LogP contribution >= 0.6 is 22.9 Å². The summed E-state index contributed by atoms with van der Waals surface area (Å²) in [5, 5.41) is 4.64.